The molecule has 0 saturated carbocycles. The van der Waals surface area contributed by atoms with Gasteiger partial charge in [0.15, 0.2) is 0 Å². The van der Waals surface area contributed by atoms with Gasteiger partial charge < -0.3 is 34.0 Å². The van der Waals surface area contributed by atoms with Crippen LogP contribution in [0.15, 0.2) is 261 Å². The minimum Gasteiger partial charge on any atom is -0.446 e. The first-order chi connectivity index (χ1) is 62.1. The summed E-state index contributed by atoms with van der Waals surface area (Å²) in [4.78, 5) is 107. The predicted molar refractivity (Wildman–Crippen MR) is 508 cm³/mol. The number of amides is 7. The number of nitrogens with one attached hydrogen (secondary N) is 2. The molecule has 0 spiro atoms. The molecule has 3 fully saturated rings. The van der Waals surface area contributed by atoms with Crippen LogP contribution in [-0.2, 0) is 45.9 Å². The largest absolute Gasteiger partial charge is 0.446 e. The number of carbonyl (C=O) groups is 7. The number of likely N-dealkylation sites (tertiary alicyclic amines) is 3. The lowest BCUT2D eigenvalue weighted by atomic mass is 9.64. The lowest BCUT2D eigenvalue weighted by Gasteiger charge is -2.37. The average molecular weight is 1730 g/mol. The molecule has 9 aromatic carbocycles. The standard InChI is InChI=1S/C40H52N4O3.C39H42N4O4.C28H34N4O2/c1-44(2,30-28-43-37(45)35-23-15-16-24-36(35)38(43)46)29-18-8-6-4-3-5-7-17-26-42-27-25-34(31-42)40(39(41)47,32-19-11-9-12-20-32)33-21-13-10-14-22-33;1-43(2,26-12-23-42-37(44)34-18-8-9-19-35(34)38(42)45)28-31-16-7-6-15-30(31)27-41-24-21-32(22-25-41)47-39(46)40-36-20-11-10-17-33(36)29-13-4-3-5-14-29;1-3-31(2)20-23-12-9-13-24(29-23)21-32-18-16-25(17-19-32)34-28(33)30-27-15-8-7-14-26(27)22-10-5-4-6-11-22/h9-16,19-24,34H,3-8,17-18,25-31H2,1-2H3,(H-,41,47);3-11,13-20,32H,12,21-28H2,1-2H3;4-15,25H,3,16-21H2,1-2H3,(H,30,33)/p+2. The van der Waals surface area contributed by atoms with Crippen LogP contribution in [0.25, 0.3) is 22.3 Å². The molecule has 128 heavy (non-hydrogen) atoms. The molecule has 6 heterocycles. The number of piperidine rings is 2. The van der Waals surface area contributed by atoms with Gasteiger partial charge in [-0.3, -0.25) is 59.2 Å². The summed E-state index contributed by atoms with van der Waals surface area (Å²) < 4.78 is 13.2. The highest BCUT2D eigenvalue weighted by molar-refractivity contribution is 6.22. The minimum atomic E-state index is -0.816. The molecule has 0 bridgehead atoms. The third-order valence-corrected chi connectivity index (χ3v) is 26.0. The molecule has 0 aliphatic carbocycles. The minimum absolute atomic E-state index is 0.0716. The van der Waals surface area contributed by atoms with E-state index in [9.17, 15) is 33.6 Å². The number of aromatic nitrogens is 1. The third kappa shape index (κ3) is 25.4. The quantitative estimate of drug-likeness (QED) is 0.0187. The Labute approximate surface area is 757 Å². The molecule has 1 unspecified atom stereocenters. The fourth-order valence-electron chi connectivity index (χ4n) is 18.7. The molecule has 21 heteroatoms. The van der Waals surface area contributed by atoms with E-state index in [0.29, 0.717) is 35.3 Å². The van der Waals surface area contributed by atoms with Crippen molar-refractivity contribution in [2.24, 2.45) is 11.7 Å². The second-order valence-corrected chi connectivity index (χ2v) is 36.2. The SMILES string of the molecule is CCN(C)Cc1cccc(CN2CCC(OC(=O)Nc3ccccc3-c3ccccc3)CC2)n1.C[N+](C)(CCCCCCCCCCN1CCC(C(C(N)=O)(c2ccccc2)c2ccccc2)C1)CCN1C(=O)c2ccccc2C1=O.C[N+](C)(CCCN1C(=O)c2ccccc2C1=O)Cc1ccccc1CN1CCC(OC(=O)Nc2ccccc2-c2ccccc2)CC1. The van der Waals surface area contributed by atoms with Crippen LogP contribution in [-0.4, -0.2) is 218 Å². The number of ether oxygens (including phenoxy) is 2. The molecule has 5 aliphatic rings. The highest BCUT2D eigenvalue weighted by Crippen LogP contribution is 2.44. The van der Waals surface area contributed by atoms with Crippen LogP contribution < -0.4 is 16.4 Å². The number of quaternary nitrogens is 2. The van der Waals surface area contributed by atoms with E-state index in [-0.39, 0.29) is 47.7 Å². The van der Waals surface area contributed by atoms with E-state index in [2.05, 4.69) is 139 Å². The van der Waals surface area contributed by atoms with Gasteiger partial charge in [-0.25, -0.2) is 9.59 Å². The number of anilines is 2. The van der Waals surface area contributed by atoms with Gasteiger partial charge in [0.25, 0.3) is 23.6 Å². The summed E-state index contributed by atoms with van der Waals surface area (Å²) in [5.74, 6) is -0.812. The lowest BCUT2D eigenvalue weighted by molar-refractivity contribution is -0.903. The maximum Gasteiger partial charge on any atom is 0.411 e. The Bertz CT molecular complexity index is 5200. The van der Waals surface area contributed by atoms with E-state index in [1.807, 2.05) is 158 Å². The monoisotopic (exact) mass is 1730 g/mol. The zero-order valence-electron chi connectivity index (χ0n) is 75.8. The number of nitrogens with two attached hydrogens (primary N) is 1. The Balaban J connectivity index is 0.000000167. The van der Waals surface area contributed by atoms with Crippen molar-refractivity contribution >= 4 is 53.1 Å². The van der Waals surface area contributed by atoms with Crippen LogP contribution in [0.5, 0.6) is 0 Å². The molecule has 15 rings (SSSR count). The van der Waals surface area contributed by atoms with Crippen molar-refractivity contribution in [2.75, 3.05) is 131 Å². The van der Waals surface area contributed by atoms with Gasteiger partial charge in [0.05, 0.1) is 99.4 Å². The summed E-state index contributed by atoms with van der Waals surface area (Å²) >= 11 is 0. The Morgan fingerprint density at radius 3 is 1.30 bits per heavy atom. The first-order valence-corrected chi connectivity index (χ1v) is 46.2. The normalized spacial score (nSPS) is 15.9. The maximum absolute atomic E-state index is 13.3. The van der Waals surface area contributed by atoms with Gasteiger partial charge in [-0.1, -0.05) is 251 Å². The summed E-state index contributed by atoms with van der Waals surface area (Å²) in [6.07, 6.45) is 13.8. The topological polar surface area (TPSA) is 220 Å². The summed E-state index contributed by atoms with van der Waals surface area (Å²) in [6, 6.07) is 84.9. The smallest absolute Gasteiger partial charge is 0.411 e. The van der Waals surface area contributed by atoms with Crippen LogP contribution in [0.2, 0.25) is 0 Å². The number of imide groups is 2. The van der Waals surface area contributed by atoms with Crippen molar-refractivity contribution in [3.05, 3.63) is 317 Å². The van der Waals surface area contributed by atoms with Crippen LogP contribution in [0.3, 0.4) is 0 Å². The number of unbranched alkanes of at least 4 members (excludes halogenated alkanes) is 7. The number of fused-ring (bicyclic) bond motifs is 2. The number of hydrogen-bond donors (Lipinski definition) is 3. The average Bonchev–Trinajstić information content (AvgIpc) is 1.33. The van der Waals surface area contributed by atoms with E-state index in [4.69, 9.17) is 20.2 Å². The molecular formula is C107H130N12O9+2. The number of nitrogens with zero attached hydrogens (tertiary/aromatic N) is 9. The molecule has 1 atom stereocenters. The third-order valence-electron chi connectivity index (χ3n) is 26.0. The summed E-state index contributed by atoms with van der Waals surface area (Å²) in [6.45, 7) is 16.5. The molecule has 10 aromatic rings. The molecular weight excluding hydrogens is 1600 g/mol. The first kappa shape index (κ1) is 93.8. The van der Waals surface area contributed by atoms with E-state index in [1.54, 1.807) is 36.4 Å². The Kier molecular flexibility index (Phi) is 33.5. The van der Waals surface area contributed by atoms with Crippen molar-refractivity contribution in [3.63, 3.8) is 0 Å². The lowest BCUT2D eigenvalue weighted by Crippen LogP contribution is -2.49. The molecule has 670 valence electrons. The van der Waals surface area contributed by atoms with Gasteiger partial charge >= 0.3 is 12.2 Å². The number of rotatable bonds is 37. The fraction of sp³-hybridized carbons (Fsp3) is 0.383. The van der Waals surface area contributed by atoms with Crippen molar-refractivity contribution in [1.29, 1.82) is 0 Å². The Morgan fingerprint density at radius 1 is 0.414 bits per heavy atom. The van der Waals surface area contributed by atoms with Gasteiger partial charge in [-0.15, -0.1) is 0 Å². The number of benzene rings is 9. The highest BCUT2D eigenvalue weighted by Gasteiger charge is 2.50. The molecule has 4 N–H and O–H groups in total. The van der Waals surface area contributed by atoms with Crippen LogP contribution in [0.1, 0.15) is 172 Å². The van der Waals surface area contributed by atoms with Crippen LogP contribution in [0, 0.1) is 5.92 Å². The Morgan fingerprint density at radius 2 is 0.812 bits per heavy atom. The number of likely N-dealkylation sites (N-methyl/N-ethyl adjacent to an activating group) is 1. The van der Waals surface area contributed by atoms with Crippen molar-refractivity contribution in [3.8, 4) is 22.3 Å². The van der Waals surface area contributed by atoms with Crippen molar-refractivity contribution < 1.29 is 52.0 Å². The molecule has 5 aliphatic heterocycles. The number of primary amides is 1. The second-order valence-electron chi connectivity index (χ2n) is 36.2. The van der Waals surface area contributed by atoms with E-state index < -0.39 is 17.6 Å². The predicted octanol–water partition coefficient (Wildman–Crippen LogP) is 18.5. The highest BCUT2D eigenvalue weighted by atomic mass is 16.6. The van der Waals surface area contributed by atoms with Gasteiger partial charge in [0.1, 0.15) is 24.2 Å². The fourth-order valence-corrected chi connectivity index (χ4v) is 18.7. The first-order valence-electron chi connectivity index (χ1n) is 46.2. The zero-order chi connectivity index (χ0) is 89.8. The van der Waals surface area contributed by atoms with Gasteiger partial charge in [-0.2, -0.15) is 0 Å². The van der Waals surface area contributed by atoms with Gasteiger partial charge in [0, 0.05) is 82.0 Å². The number of carbonyl (C=O) groups excluding carboxylic acids is 7. The van der Waals surface area contributed by atoms with Gasteiger partial charge in [-0.05, 0) is 160 Å². The van der Waals surface area contributed by atoms with Crippen molar-refractivity contribution in [2.45, 2.75) is 141 Å². The summed E-state index contributed by atoms with van der Waals surface area (Å²) in [7, 11) is 10.9. The molecule has 1 aromatic heterocycles. The molecule has 21 nitrogen and oxygen atoms in total. The van der Waals surface area contributed by atoms with Gasteiger partial charge in [0.2, 0.25) is 5.91 Å². The number of pyridine rings is 1. The van der Waals surface area contributed by atoms with Crippen LogP contribution in [0.4, 0.5) is 21.0 Å². The molecule has 7 amide bonds. The summed E-state index contributed by atoms with van der Waals surface area (Å²) in [5, 5.41) is 5.91. The summed E-state index contributed by atoms with van der Waals surface area (Å²) in [5.41, 5.74) is 19.8. The Hall–Kier alpha value is -11.8. The second kappa shape index (κ2) is 45.7. The molecule has 0 radical (unpaired) electrons. The van der Waals surface area contributed by atoms with E-state index in [0.717, 1.165) is 208 Å². The number of hydrogen-bond acceptors (Lipinski definition) is 14. The maximum atomic E-state index is 13.3. The molecule has 3 saturated heterocycles. The number of para-hydroxylation sites is 2. The van der Waals surface area contributed by atoms with E-state index >= 15 is 0 Å². The van der Waals surface area contributed by atoms with Crippen LogP contribution >= 0.6 is 0 Å². The van der Waals surface area contributed by atoms with E-state index in [1.165, 1.54) is 65.9 Å². The van der Waals surface area contributed by atoms with Crippen molar-refractivity contribution in [1.82, 2.24) is 34.4 Å². The zero-order valence-corrected chi connectivity index (χ0v) is 75.8.